The van der Waals surface area contributed by atoms with E-state index in [4.69, 9.17) is 11.6 Å². The van der Waals surface area contributed by atoms with Gasteiger partial charge in [0.25, 0.3) is 0 Å². The summed E-state index contributed by atoms with van der Waals surface area (Å²) < 4.78 is 0. The lowest BCUT2D eigenvalue weighted by Crippen LogP contribution is -2.29. The maximum atomic E-state index is 12.5. The lowest BCUT2D eigenvalue weighted by molar-refractivity contribution is -0.122. The minimum atomic E-state index is -0.302. The van der Waals surface area contributed by atoms with Crippen molar-refractivity contribution in [2.45, 2.75) is 25.7 Å². The molecule has 146 valence electrons. The normalized spacial score (nSPS) is 21.1. The second-order valence-corrected chi connectivity index (χ2v) is 7.91. The lowest BCUT2D eigenvalue weighted by atomic mass is 10.1. The fourth-order valence-corrected chi connectivity index (χ4v) is 3.89. The van der Waals surface area contributed by atoms with Gasteiger partial charge in [0.2, 0.25) is 11.8 Å². The summed E-state index contributed by atoms with van der Waals surface area (Å²) in [6.45, 7) is 2.19. The molecule has 1 saturated carbocycles. The molecule has 1 aliphatic carbocycles. The van der Waals surface area contributed by atoms with Gasteiger partial charge < -0.3 is 15.5 Å². The topological polar surface area (TPSA) is 61.4 Å². The third-order valence-electron chi connectivity index (χ3n) is 5.45. The van der Waals surface area contributed by atoms with Gasteiger partial charge in [-0.2, -0.15) is 0 Å². The third-order valence-corrected chi connectivity index (χ3v) is 5.78. The van der Waals surface area contributed by atoms with Gasteiger partial charge in [0.15, 0.2) is 0 Å². The number of carbonyl (C=O) groups excluding carboxylic acids is 2. The van der Waals surface area contributed by atoms with Crippen LogP contribution in [0.5, 0.6) is 0 Å². The highest BCUT2D eigenvalue weighted by molar-refractivity contribution is 6.33. The van der Waals surface area contributed by atoms with Gasteiger partial charge in [0, 0.05) is 24.5 Å². The van der Waals surface area contributed by atoms with Gasteiger partial charge in [-0.15, -0.1) is 0 Å². The Morgan fingerprint density at radius 3 is 2.18 bits per heavy atom. The predicted molar refractivity (Wildman–Crippen MR) is 113 cm³/mol. The molecule has 4 rings (SSSR count). The first-order chi connectivity index (χ1) is 13.6. The van der Waals surface area contributed by atoms with Gasteiger partial charge in [-0.1, -0.05) is 23.7 Å². The van der Waals surface area contributed by atoms with E-state index in [1.54, 1.807) is 12.1 Å². The summed E-state index contributed by atoms with van der Waals surface area (Å²) in [5, 5.41) is 6.23. The first-order valence-electron chi connectivity index (χ1n) is 9.83. The van der Waals surface area contributed by atoms with E-state index in [0.29, 0.717) is 17.1 Å². The summed E-state index contributed by atoms with van der Waals surface area (Å²) in [6, 6.07) is 15.1. The molecule has 2 amide bonds. The molecule has 0 aromatic heterocycles. The largest absolute Gasteiger partial charge is 0.372 e. The monoisotopic (exact) mass is 397 g/mol. The summed E-state index contributed by atoms with van der Waals surface area (Å²) in [5.41, 5.74) is 2.54. The van der Waals surface area contributed by atoms with Crippen LogP contribution in [0.2, 0.25) is 5.02 Å². The Kier molecular flexibility index (Phi) is 5.53. The van der Waals surface area contributed by atoms with Crippen molar-refractivity contribution >= 4 is 40.5 Å². The van der Waals surface area contributed by atoms with E-state index < -0.39 is 0 Å². The number of piperidine rings is 1. The molecule has 0 radical (unpaired) electrons. The number of nitrogens with one attached hydrogen (secondary N) is 2. The number of halogens is 1. The molecule has 2 aromatic carbocycles. The molecule has 2 N–H and O–H groups in total. The van der Waals surface area contributed by atoms with E-state index in [0.717, 1.165) is 18.8 Å². The highest BCUT2D eigenvalue weighted by Gasteiger charge is 2.48. The first kappa shape index (κ1) is 18.8. The fourth-order valence-electron chi connectivity index (χ4n) is 3.71. The molecule has 1 aliphatic heterocycles. The van der Waals surface area contributed by atoms with E-state index in [2.05, 4.69) is 27.7 Å². The molecule has 2 aromatic rings. The van der Waals surface area contributed by atoms with E-state index in [1.165, 1.54) is 24.9 Å². The number of nitrogens with zero attached hydrogens (tertiary/aromatic N) is 1. The standard InChI is InChI=1S/C22H24ClN3O2/c23-19-6-2-3-7-20(19)25-22(28)18-14-17(18)21(27)24-15-8-10-16(11-9-15)26-12-4-1-5-13-26/h2-3,6-11,17-18H,1,4-5,12-14H2,(H,24,27)(H,25,28). The average molecular weight is 398 g/mol. The Morgan fingerprint density at radius 1 is 0.857 bits per heavy atom. The van der Waals surface area contributed by atoms with Crippen LogP contribution >= 0.6 is 11.6 Å². The molecule has 0 spiro atoms. The molecular weight excluding hydrogens is 374 g/mol. The summed E-state index contributed by atoms with van der Waals surface area (Å²) in [4.78, 5) is 27.2. The fraction of sp³-hybridized carbons (Fsp3) is 0.364. The Morgan fingerprint density at radius 2 is 1.50 bits per heavy atom. The zero-order chi connectivity index (χ0) is 19.5. The summed E-state index contributed by atoms with van der Waals surface area (Å²) in [7, 11) is 0. The minimum Gasteiger partial charge on any atom is -0.372 e. The van der Waals surface area contributed by atoms with E-state index in [-0.39, 0.29) is 23.7 Å². The molecule has 2 unspecified atom stereocenters. The summed E-state index contributed by atoms with van der Waals surface area (Å²) >= 11 is 6.07. The van der Waals surface area contributed by atoms with Crippen LogP contribution in [0, 0.1) is 11.8 Å². The smallest absolute Gasteiger partial charge is 0.228 e. The van der Waals surface area contributed by atoms with Crippen molar-refractivity contribution in [3.05, 3.63) is 53.6 Å². The summed E-state index contributed by atoms with van der Waals surface area (Å²) in [5.74, 6) is -0.855. The number of para-hydroxylation sites is 1. The van der Waals surface area contributed by atoms with Gasteiger partial charge in [-0.3, -0.25) is 9.59 Å². The zero-order valence-corrected chi connectivity index (χ0v) is 16.4. The number of rotatable bonds is 5. The van der Waals surface area contributed by atoms with Crippen LogP contribution in [0.4, 0.5) is 17.1 Å². The van der Waals surface area contributed by atoms with Crippen LogP contribution in [-0.4, -0.2) is 24.9 Å². The number of hydrogen-bond donors (Lipinski definition) is 2. The minimum absolute atomic E-state index is 0.106. The molecule has 5 nitrogen and oxygen atoms in total. The molecule has 1 saturated heterocycles. The Hall–Kier alpha value is -2.53. The van der Waals surface area contributed by atoms with Crippen LogP contribution in [0.25, 0.3) is 0 Å². The molecule has 1 heterocycles. The Bertz CT molecular complexity index is 862. The van der Waals surface area contributed by atoms with Crippen molar-refractivity contribution < 1.29 is 9.59 Å². The van der Waals surface area contributed by atoms with Gasteiger partial charge >= 0.3 is 0 Å². The number of benzene rings is 2. The van der Waals surface area contributed by atoms with Crippen molar-refractivity contribution in [1.29, 1.82) is 0 Å². The Balaban J connectivity index is 1.30. The highest BCUT2D eigenvalue weighted by Crippen LogP contribution is 2.40. The second-order valence-electron chi connectivity index (χ2n) is 7.50. The van der Waals surface area contributed by atoms with Crippen molar-refractivity contribution in [1.82, 2.24) is 0 Å². The van der Waals surface area contributed by atoms with Crippen LogP contribution in [0.1, 0.15) is 25.7 Å². The molecule has 0 bridgehead atoms. The molecule has 2 aliphatic rings. The molecule has 2 atom stereocenters. The lowest BCUT2D eigenvalue weighted by Gasteiger charge is -2.28. The Labute approximate surface area is 170 Å². The molecular formula is C22H24ClN3O2. The van der Waals surface area contributed by atoms with Crippen molar-refractivity contribution in [3.63, 3.8) is 0 Å². The van der Waals surface area contributed by atoms with Gasteiger partial charge in [-0.25, -0.2) is 0 Å². The van der Waals surface area contributed by atoms with E-state index >= 15 is 0 Å². The molecule has 28 heavy (non-hydrogen) atoms. The zero-order valence-electron chi connectivity index (χ0n) is 15.7. The van der Waals surface area contributed by atoms with Gasteiger partial charge in [-0.05, 0) is 62.1 Å². The second kappa shape index (κ2) is 8.23. The van der Waals surface area contributed by atoms with Crippen LogP contribution < -0.4 is 15.5 Å². The van der Waals surface area contributed by atoms with E-state index in [9.17, 15) is 9.59 Å². The predicted octanol–water partition coefficient (Wildman–Crippen LogP) is 4.54. The summed E-state index contributed by atoms with van der Waals surface area (Å²) in [6.07, 6.45) is 4.33. The van der Waals surface area contributed by atoms with Crippen LogP contribution in [0.3, 0.4) is 0 Å². The van der Waals surface area contributed by atoms with Crippen LogP contribution in [0.15, 0.2) is 48.5 Å². The quantitative estimate of drug-likeness (QED) is 0.778. The van der Waals surface area contributed by atoms with Crippen LogP contribution in [-0.2, 0) is 9.59 Å². The number of anilines is 3. The van der Waals surface area contributed by atoms with Gasteiger partial charge in [0.05, 0.1) is 22.5 Å². The van der Waals surface area contributed by atoms with Crippen molar-refractivity contribution in [3.8, 4) is 0 Å². The van der Waals surface area contributed by atoms with Crippen molar-refractivity contribution in [2.75, 3.05) is 28.6 Å². The average Bonchev–Trinajstić information content (AvgIpc) is 3.52. The first-order valence-corrected chi connectivity index (χ1v) is 10.2. The number of carbonyl (C=O) groups is 2. The maximum Gasteiger partial charge on any atom is 0.228 e. The number of amides is 2. The molecule has 2 fully saturated rings. The highest BCUT2D eigenvalue weighted by atomic mass is 35.5. The van der Waals surface area contributed by atoms with Gasteiger partial charge in [0.1, 0.15) is 0 Å². The molecule has 6 heteroatoms. The number of hydrogen-bond acceptors (Lipinski definition) is 3. The maximum absolute atomic E-state index is 12.5. The van der Waals surface area contributed by atoms with Crippen molar-refractivity contribution in [2.24, 2.45) is 11.8 Å². The SMILES string of the molecule is O=C(Nc1ccc(N2CCCCC2)cc1)C1CC1C(=O)Nc1ccccc1Cl. The third kappa shape index (κ3) is 4.30. The van der Waals surface area contributed by atoms with E-state index in [1.807, 2.05) is 24.3 Å².